The molecule has 9 nitrogen and oxygen atoms in total. The zero-order chi connectivity index (χ0) is 16.8. The van der Waals surface area contributed by atoms with Gasteiger partial charge in [-0.1, -0.05) is 0 Å². The van der Waals surface area contributed by atoms with Crippen LogP contribution in [0.15, 0.2) is 34.8 Å². The molecule has 0 amide bonds. The summed E-state index contributed by atoms with van der Waals surface area (Å²) < 4.78 is 5.25. The monoisotopic (exact) mass is 342 g/mol. The molecule has 10 heteroatoms. The van der Waals surface area contributed by atoms with Gasteiger partial charge in [0.1, 0.15) is 24.4 Å². The highest BCUT2D eigenvalue weighted by Gasteiger charge is 2.43. The van der Waals surface area contributed by atoms with E-state index < -0.39 is 37.3 Å². The van der Waals surface area contributed by atoms with E-state index in [-0.39, 0.29) is 5.11 Å². The molecule has 1 aromatic heterocycles. The van der Waals surface area contributed by atoms with Crippen LogP contribution in [0.3, 0.4) is 0 Å². The van der Waals surface area contributed by atoms with Crippen molar-refractivity contribution in [1.82, 2.24) is 10.3 Å². The molecule has 0 radical (unpaired) electrons. The minimum atomic E-state index is -1.48. The molecule has 0 aliphatic carbocycles. The molecule has 5 atom stereocenters. The molecule has 0 saturated carbocycles. The van der Waals surface area contributed by atoms with E-state index in [0.29, 0.717) is 6.54 Å². The minimum absolute atomic E-state index is 0.0524. The number of nitrogens with one attached hydrogen (secondary N) is 1. The van der Waals surface area contributed by atoms with Gasteiger partial charge in [-0.25, -0.2) is 0 Å². The second kappa shape index (κ2) is 8.34. The van der Waals surface area contributed by atoms with Crippen molar-refractivity contribution in [3.05, 3.63) is 30.1 Å². The Kier molecular flexibility index (Phi) is 6.45. The normalized spacial score (nSPS) is 31.2. The van der Waals surface area contributed by atoms with Crippen molar-refractivity contribution in [1.29, 1.82) is 0 Å². The zero-order valence-electron chi connectivity index (χ0n) is 12.1. The second-order valence-corrected chi connectivity index (χ2v) is 5.34. The number of aliphatic hydroxyl groups is 4. The molecule has 126 valence electrons. The fraction of sp³-hybridized carbons (Fsp3) is 0.538. The molecule has 0 bridgehead atoms. The number of rotatable bonds is 4. The van der Waals surface area contributed by atoms with E-state index >= 15 is 0 Å². The van der Waals surface area contributed by atoms with Crippen LogP contribution in [-0.2, 0) is 11.3 Å². The topological polar surface area (TPSA) is 140 Å². The highest BCUT2D eigenvalue weighted by molar-refractivity contribution is 7.80. The Bertz CT molecular complexity index is 544. The van der Waals surface area contributed by atoms with Crippen molar-refractivity contribution in [2.75, 3.05) is 6.61 Å². The maximum Gasteiger partial charge on any atom is 0.215 e. The quantitative estimate of drug-likeness (QED) is 0.336. The Morgan fingerprint density at radius 1 is 1.22 bits per heavy atom. The lowest BCUT2D eigenvalue weighted by Gasteiger charge is -2.40. The highest BCUT2D eigenvalue weighted by Crippen LogP contribution is 2.19. The van der Waals surface area contributed by atoms with Crippen molar-refractivity contribution in [2.24, 2.45) is 10.2 Å². The van der Waals surface area contributed by atoms with E-state index in [1.54, 1.807) is 24.5 Å². The largest absolute Gasteiger partial charge is 0.394 e. The van der Waals surface area contributed by atoms with Gasteiger partial charge in [0, 0.05) is 12.4 Å². The van der Waals surface area contributed by atoms with Crippen LogP contribution >= 0.6 is 12.2 Å². The van der Waals surface area contributed by atoms with Crippen LogP contribution in [0, 0.1) is 0 Å². The molecular formula is C13H18N4O5S. The van der Waals surface area contributed by atoms with E-state index in [9.17, 15) is 15.3 Å². The molecule has 1 fully saturated rings. The summed E-state index contributed by atoms with van der Waals surface area (Å²) in [6, 6.07) is 3.57. The number of hydrogen-bond acceptors (Lipinski definition) is 8. The summed E-state index contributed by atoms with van der Waals surface area (Å²) in [5.74, 6) is 0. The molecule has 2 heterocycles. The number of thiocarbonyl (C=S) groups is 1. The summed E-state index contributed by atoms with van der Waals surface area (Å²) in [5, 5.41) is 48.5. The van der Waals surface area contributed by atoms with Gasteiger partial charge in [0.25, 0.3) is 0 Å². The fourth-order valence-corrected chi connectivity index (χ4v) is 2.21. The Morgan fingerprint density at radius 2 is 1.91 bits per heavy atom. The van der Waals surface area contributed by atoms with Crippen LogP contribution in [0.25, 0.3) is 0 Å². The van der Waals surface area contributed by atoms with Crippen molar-refractivity contribution < 1.29 is 25.2 Å². The Labute approximate surface area is 137 Å². The first-order chi connectivity index (χ1) is 11.0. The predicted molar refractivity (Wildman–Crippen MR) is 82.3 cm³/mol. The molecule has 0 aromatic carbocycles. The van der Waals surface area contributed by atoms with Gasteiger partial charge in [-0.3, -0.25) is 4.98 Å². The fourth-order valence-electron chi connectivity index (χ4n) is 2.04. The first-order valence-corrected chi connectivity index (χ1v) is 7.31. The van der Waals surface area contributed by atoms with Gasteiger partial charge in [0.15, 0.2) is 6.23 Å². The second-order valence-electron chi connectivity index (χ2n) is 4.95. The summed E-state index contributed by atoms with van der Waals surface area (Å²) in [6.07, 6.45) is -3.18. The Hall–Kier alpha value is -1.56. The van der Waals surface area contributed by atoms with Gasteiger partial charge < -0.3 is 30.5 Å². The van der Waals surface area contributed by atoms with Gasteiger partial charge in [-0.2, -0.15) is 5.11 Å². The van der Waals surface area contributed by atoms with Crippen LogP contribution in [-0.4, -0.2) is 67.8 Å². The highest BCUT2D eigenvalue weighted by atomic mass is 32.1. The van der Waals surface area contributed by atoms with Crippen LogP contribution in [0.2, 0.25) is 0 Å². The van der Waals surface area contributed by atoms with E-state index in [2.05, 4.69) is 20.5 Å². The maximum absolute atomic E-state index is 9.86. The standard InChI is InChI=1S/C13H18N4O5S/c18-6-8-9(19)10(20)11(21)12(22-8)16-13(23)17-15-5-7-1-3-14-4-2-7/h1-4,8-12,18-21H,5-6H2,(H,16,23)/t8-,9-,10+,11-,12-/m1/s1. The third-order valence-corrected chi connectivity index (χ3v) is 3.52. The average Bonchev–Trinajstić information content (AvgIpc) is 2.56. The van der Waals surface area contributed by atoms with E-state index in [1.165, 1.54) is 0 Å². The van der Waals surface area contributed by atoms with Gasteiger partial charge >= 0.3 is 0 Å². The van der Waals surface area contributed by atoms with Crippen LogP contribution < -0.4 is 5.32 Å². The molecular weight excluding hydrogens is 324 g/mol. The van der Waals surface area contributed by atoms with Gasteiger partial charge in [-0.05, 0) is 29.9 Å². The number of aromatic nitrogens is 1. The number of nitrogens with zero attached hydrogens (tertiary/aromatic N) is 3. The third kappa shape index (κ3) is 4.70. The third-order valence-electron chi connectivity index (χ3n) is 3.32. The molecule has 1 aliphatic heterocycles. The summed E-state index contributed by atoms with van der Waals surface area (Å²) in [6.45, 7) is -0.210. The first kappa shape index (κ1) is 17.8. The molecule has 1 aliphatic rings. The van der Waals surface area contributed by atoms with Crippen molar-refractivity contribution in [2.45, 2.75) is 37.2 Å². The first-order valence-electron chi connectivity index (χ1n) is 6.90. The van der Waals surface area contributed by atoms with E-state index in [1.807, 2.05) is 0 Å². The molecule has 23 heavy (non-hydrogen) atoms. The van der Waals surface area contributed by atoms with Crippen molar-refractivity contribution in [3.63, 3.8) is 0 Å². The van der Waals surface area contributed by atoms with Crippen LogP contribution in [0.4, 0.5) is 0 Å². The van der Waals surface area contributed by atoms with E-state index in [4.69, 9.17) is 22.1 Å². The lowest BCUT2D eigenvalue weighted by Crippen LogP contribution is -2.62. The Balaban J connectivity index is 1.88. The maximum atomic E-state index is 9.86. The van der Waals surface area contributed by atoms with Gasteiger partial charge in [0.2, 0.25) is 5.11 Å². The lowest BCUT2D eigenvalue weighted by molar-refractivity contribution is -0.232. The lowest BCUT2D eigenvalue weighted by atomic mass is 9.98. The minimum Gasteiger partial charge on any atom is -0.394 e. The number of ether oxygens (including phenoxy) is 1. The number of hydrogen-bond donors (Lipinski definition) is 5. The van der Waals surface area contributed by atoms with Gasteiger partial charge in [-0.15, -0.1) is 5.11 Å². The Morgan fingerprint density at radius 3 is 2.57 bits per heavy atom. The summed E-state index contributed by atoms with van der Waals surface area (Å²) in [7, 11) is 0. The molecule has 0 spiro atoms. The average molecular weight is 342 g/mol. The predicted octanol–water partition coefficient (Wildman–Crippen LogP) is -1.29. The molecule has 0 unspecified atom stereocenters. The van der Waals surface area contributed by atoms with Crippen molar-refractivity contribution in [3.8, 4) is 0 Å². The van der Waals surface area contributed by atoms with E-state index in [0.717, 1.165) is 5.56 Å². The van der Waals surface area contributed by atoms with Crippen molar-refractivity contribution >= 4 is 17.3 Å². The smallest absolute Gasteiger partial charge is 0.215 e. The number of aliphatic hydroxyl groups excluding tert-OH is 4. The zero-order valence-corrected chi connectivity index (χ0v) is 12.9. The number of azo groups is 1. The summed E-state index contributed by atoms with van der Waals surface area (Å²) in [4.78, 5) is 3.88. The SMILES string of the molecule is OC[C@H]1O[C@@H](NC(=S)N=NCc2ccncc2)[C@H](O)[C@@H](O)[C@@H]1O. The number of pyridine rings is 1. The summed E-state index contributed by atoms with van der Waals surface area (Å²) in [5.41, 5.74) is 0.902. The van der Waals surface area contributed by atoms with Crippen LogP contribution in [0.5, 0.6) is 0 Å². The molecule has 1 saturated heterocycles. The molecule has 2 rings (SSSR count). The van der Waals surface area contributed by atoms with Gasteiger partial charge in [0.05, 0.1) is 13.2 Å². The molecule has 5 N–H and O–H groups in total. The molecule has 1 aromatic rings. The summed E-state index contributed by atoms with van der Waals surface area (Å²) >= 11 is 4.96. The van der Waals surface area contributed by atoms with Crippen LogP contribution in [0.1, 0.15) is 5.56 Å².